The molecule has 521 valence electrons. The van der Waals surface area contributed by atoms with E-state index < -0.39 is 64.9 Å². The van der Waals surface area contributed by atoms with Gasteiger partial charge >= 0.3 is 73.3 Å². The minimum absolute atomic E-state index is 0.0593. The zero-order valence-electron chi connectivity index (χ0n) is 56.9. The van der Waals surface area contributed by atoms with E-state index in [-0.39, 0.29) is 80.8 Å². The number of carboxylic acid groups (broad SMARTS) is 1. The number of aliphatic carboxylic acids is 1. The van der Waals surface area contributed by atoms with Crippen molar-refractivity contribution in [2.24, 2.45) is 22.7 Å². The van der Waals surface area contributed by atoms with E-state index in [1.54, 1.807) is 20.3 Å². The Morgan fingerprint density at radius 3 is 1.32 bits per heavy atom. The van der Waals surface area contributed by atoms with Gasteiger partial charge < -0.3 is 58.7 Å². The summed E-state index contributed by atoms with van der Waals surface area (Å²) in [7, 11) is 5.12. The number of carbonyl (C=O) groups excluding carboxylic acids is 5. The van der Waals surface area contributed by atoms with Gasteiger partial charge in [0, 0.05) is 70.7 Å². The molecule has 27 heteroatoms. The molecule has 0 unspecified atom stereocenters. The van der Waals surface area contributed by atoms with Crippen molar-refractivity contribution in [3.8, 4) is 45.8 Å². The number of nitrogens with zero attached hydrogens (tertiary/aromatic N) is 6. The molecule has 2 saturated heterocycles. The topological polar surface area (TPSA) is 269 Å². The van der Waals surface area contributed by atoms with E-state index in [0.29, 0.717) is 66.3 Å². The van der Waals surface area contributed by atoms with Crippen molar-refractivity contribution in [2.75, 3.05) is 45.1 Å². The molecule has 4 aromatic heterocycles. The van der Waals surface area contributed by atoms with E-state index in [1.165, 1.54) is 39.6 Å². The molecule has 22 nitrogen and oxygen atoms in total. The molecular formula is C69H90I2N8O14S2V. The van der Waals surface area contributed by atoms with Gasteiger partial charge in [0.05, 0.1) is 81.5 Å². The standard InChI is InChI=1S/C35H46N4O7S.C34H44N4O7S.2HI.V/c1-20(2)36-34-38-28(19-47-34)27-17-30(24-13-12-22(43-6)14-26(24)37-27)45-23-15-29(33(42)44-7)39(18-23)32(41)25(35(3,4)5)16-31(40)46-21-10-8-9-11-21;1-19(2)35-33-37-27(18-46-33)26-16-29(23-12-11-21(43-6)13-25(23)36-26)44-22-14-28(32(41)42)38(17-22)31(40)24(34(3,4)5)15-30(39)45-20-9-7-8-10-20;;;/h12-14,17,19-21,23,25,29H,8-11,15-16,18H2,1-7H3,(H,36,38);11-13,16,18-20,22,24,28H,7-10,14-15,17H2,1-6H3,(H,35,37)(H,41,42);2*1H;/q;;;;+2/p-2/t23-,25-,29+;22-,24-,28+;;;/m11.../s1. The number of halogens is 2. The number of rotatable bonds is 22. The second-order valence-electron chi connectivity index (χ2n) is 27.4. The van der Waals surface area contributed by atoms with Crippen molar-refractivity contribution in [3.05, 3.63) is 59.3 Å². The van der Waals surface area contributed by atoms with Crippen molar-refractivity contribution in [1.82, 2.24) is 29.7 Å². The number of amides is 2. The Labute approximate surface area is 599 Å². The van der Waals surface area contributed by atoms with Crippen LogP contribution in [0.15, 0.2) is 59.3 Å². The Balaban J connectivity index is 0.000000236. The molecule has 6 aromatic rings. The number of carbonyl (C=O) groups is 6. The first-order chi connectivity index (χ1) is 45.6. The SMILES string of the molecule is COC(=O)[C@@H]1C[C@@H](Oc2cc(-c3csc(NC(C)C)n3)nc3cc(OC)ccc23)CN1C(=O)[C@@H](CC(=O)OC1CCCC1)C(C)(C)C.COc1ccc2c(O[C@@H]3C[C@@H](C(=O)O)N(C(=O)[C@@H](CC(=O)OC4CCCC4)C(C)(C)C)C3)cc(-c3csc(NC(C)C)n3)nc2c1.[I][V][I]. The fraction of sp³-hybridized carbons (Fsp3) is 0.565. The van der Waals surface area contributed by atoms with Gasteiger partial charge in [0.1, 0.15) is 70.9 Å². The number of hydrogen-bond acceptors (Lipinski definition) is 21. The van der Waals surface area contributed by atoms with Crippen LogP contribution in [0.4, 0.5) is 10.3 Å². The monoisotopic (exact) mass is 1620 g/mol. The van der Waals surface area contributed by atoms with Crippen LogP contribution in [0.1, 0.15) is 146 Å². The Morgan fingerprint density at radius 2 is 0.969 bits per heavy atom. The molecule has 4 fully saturated rings. The Kier molecular flexibility index (Phi) is 27.1. The summed E-state index contributed by atoms with van der Waals surface area (Å²) in [6.45, 7) is 19.8. The number of nitrogens with one attached hydrogen (secondary N) is 2. The van der Waals surface area contributed by atoms with Crippen molar-refractivity contribution in [3.63, 3.8) is 0 Å². The molecule has 2 saturated carbocycles. The predicted octanol–water partition coefficient (Wildman–Crippen LogP) is 14.2. The number of ether oxygens (including phenoxy) is 7. The van der Waals surface area contributed by atoms with Gasteiger partial charge in [0.15, 0.2) is 10.3 Å². The molecule has 2 amide bonds. The molecule has 2 aliphatic heterocycles. The zero-order chi connectivity index (χ0) is 69.8. The van der Waals surface area contributed by atoms with E-state index in [1.807, 2.05) is 109 Å². The summed E-state index contributed by atoms with van der Waals surface area (Å²) in [6, 6.07) is 13.2. The molecule has 4 aliphatic rings. The number of thiazole rings is 2. The summed E-state index contributed by atoms with van der Waals surface area (Å²) in [5, 5.41) is 23.7. The maximum absolute atomic E-state index is 14.2. The predicted molar refractivity (Wildman–Crippen MR) is 385 cm³/mol. The second-order valence-corrected chi connectivity index (χ2v) is 40.9. The molecular weight excluding hydrogens is 1530 g/mol. The summed E-state index contributed by atoms with van der Waals surface area (Å²) in [6.07, 6.45) is 6.34. The molecule has 2 aromatic carbocycles. The average Bonchev–Trinajstić information content (AvgIpc) is 1.51. The number of hydrogen-bond donors (Lipinski definition) is 3. The molecule has 3 N–H and O–H groups in total. The zero-order valence-corrected chi connectivity index (χ0v) is 64.2. The third kappa shape index (κ3) is 20.2. The van der Waals surface area contributed by atoms with Gasteiger partial charge in [-0.15, -0.1) is 22.7 Å². The summed E-state index contributed by atoms with van der Waals surface area (Å²) in [4.78, 5) is 102. The summed E-state index contributed by atoms with van der Waals surface area (Å²) in [5.41, 5.74) is 2.72. The second kappa shape index (κ2) is 34.3. The molecule has 2 aliphatic carbocycles. The van der Waals surface area contributed by atoms with Crippen molar-refractivity contribution < 1.29 is 76.5 Å². The van der Waals surface area contributed by atoms with Crippen LogP contribution >= 0.6 is 62.6 Å². The van der Waals surface area contributed by atoms with Gasteiger partial charge in [0.25, 0.3) is 0 Å². The number of anilines is 2. The van der Waals surface area contributed by atoms with Crippen molar-refractivity contribution in [2.45, 2.75) is 195 Å². The van der Waals surface area contributed by atoms with Gasteiger partial charge in [-0.2, -0.15) is 0 Å². The molecule has 6 atom stereocenters. The first-order valence-electron chi connectivity index (χ1n) is 32.6. The van der Waals surface area contributed by atoms with Crippen LogP contribution in [0, 0.1) is 22.7 Å². The van der Waals surface area contributed by atoms with E-state index in [2.05, 4.69) is 64.4 Å². The third-order valence-electron chi connectivity index (χ3n) is 17.4. The number of carboxylic acids is 1. The van der Waals surface area contributed by atoms with E-state index in [4.69, 9.17) is 53.1 Å². The quantitative estimate of drug-likeness (QED) is 0.0324. The number of pyridine rings is 2. The first kappa shape index (κ1) is 75.9. The number of esters is 3. The molecule has 0 radical (unpaired) electrons. The fourth-order valence-corrected chi connectivity index (χ4v) is 14.1. The van der Waals surface area contributed by atoms with E-state index in [0.717, 1.165) is 72.4 Å². The van der Waals surface area contributed by atoms with Crippen molar-refractivity contribution in [1.29, 1.82) is 0 Å². The third-order valence-corrected chi connectivity index (χ3v) is 18.9. The summed E-state index contributed by atoms with van der Waals surface area (Å²) >= 11 is 7.71. The first-order valence-corrected chi connectivity index (χ1v) is 43.4. The number of aromatic nitrogens is 4. The summed E-state index contributed by atoms with van der Waals surface area (Å²) in [5.74, 6) is -2.22. The van der Waals surface area contributed by atoms with Crippen LogP contribution < -0.4 is 29.6 Å². The van der Waals surface area contributed by atoms with Gasteiger partial charge in [-0.1, -0.05) is 41.5 Å². The van der Waals surface area contributed by atoms with Crippen LogP contribution in [-0.4, -0.2) is 154 Å². The number of benzene rings is 2. The van der Waals surface area contributed by atoms with Crippen molar-refractivity contribution >= 4 is 130 Å². The Morgan fingerprint density at radius 1 is 0.583 bits per heavy atom. The number of likely N-dealkylation sites (tertiary alicyclic amines) is 2. The average molecular weight is 1620 g/mol. The normalized spacial score (nSPS) is 18.8. The molecule has 6 heterocycles. The van der Waals surface area contributed by atoms with Crippen LogP contribution in [0.3, 0.4) is 0 Å². The van der Waals surface area contributed by atoms with Crippen LogP contribution in [0.25, 0.3) is 44.6 Å². The minimum atomic E-state index is -1.11. The van der Waals surface area contributed by atoms with E-state index >= 15 is 0 Å². The molecule has 0 bridgehead atoms. The Hall–Kier alpha value is -5.82. The number of fused-ring (bicyclic) bond motifs is 2. The summed E-state index contributed by atoms with van der Waals surface area (Å²) < 4.78 is 40.6. The molecule has 96 heavy (non-hydrogen) atoms. The number of methoxy groups -OCH3 is 3. The molecule has 10 rings (SSSR count). The van der Waals surface area contributed by atoms with Gasteiger partial charge in [0.2, 0.25) is 11.8 Å². The fourth-order valence-electron chi connectivity index (χ4n) is 12.4. The van der Waals surface area contributed by atoms with Crippen LogP contribution in [0.5, 0.6) is 23.0 Å². The van der Waals surface area contributed by atoms with Crippen LogP contribution in [-0.2, 0) is 52.4 Å². The van der Waals surface area contributed by atoms with Gasteiger partial charge in [-0.3, -0.25) is 19.2 Å². The van der Waals surface area contributed by atoms with Gasteiger partial charge in [-0.25, -0.2) is 29.5 Å². The Bertz CT molecular complexity index is 3680. The van der Waals surface area contributed by atoms with Crippen LogP contribution in [0.2, 0.25) is 0 Å². The maximum atomic E-state index is 14.2. The van der Waals surface area contributed by atoms with Gasteiger partial charge in [-0.05, 0) is 114 Å². The van der Waals surface area contributed by atoms with E-state index in [9.17, 15) is 33.9 Å². The molecule has 0 spiro atoms.